The van der Waals surface area contributed by atoms with Crippen LogP contribution >= 0.6 is 11.6 Å². The van der Waals surface area contributed by atoms with Crippen molar-refractivity contribution in [3.63, 3.8) is 0 Å². The van der Waals surface area contributed by atoms with E-state index in [9.17, 15) is 19.7 Å². The quantitative estimate of drug-likeness (QED) is 0.296. The van der Waals surface area contributed by atoms with Crippen LogP contribution in [-0.2, 0) is 4.74 Å². The summed E-state index contributed by atoms with van der Waals surface area (Å²) in [5.41, 5.74) is 1.17. The van der Waals surface area contributed by atoms with Crippen molar-refractivity contribution in [3.05, 3.63) is 93.0 Å². The molecular formula is C22H17ClN2O6. The Morgan fingerprint density at radius 1 is 1.00 bits per heavy atom. The summed E-state index contributed by atoms with van der Waals surface area (Å²) in [6, 6.07) is 16.5. The van der Waals surface area contributed by atoms with Gasteiger partial charge in [-0.15, -0.1) is 0 Å². The van der Waals surface area contributed by atoms with E-state index < -0.39 is 10.9 Å². The Balaban J connectivity index is 1.64. The molecule has 1 amide bonds. The summed E-state index contributed by atoms with van der Waals surface area (Å²) in [6.07, 6.45) is 0. The molecule has 0 aliphatic carbocycles. The number of rotatable bonds is 7. The topological polar surface area (TPSA) is 108 Å². The number of nitro groups is 1. The van der Waals surface area contributed by atoms with Crippen LogP contribution in [0.2, 0.25) is 5.02 Å². The first-order valence-electron chi connectivity index (χ1n) is 9.17. The molecule has 0 aliphatic heterocycles. The highest BCUT2D eigenvalue weighted by Gasteiger charge is 2.12. The lowest BCUT2D eigenvalue weighted by Crippen LogP contribution is -2.12. The van der Waals surface area contributed by atoms with Crippen LogP contribution < -0.4 is 10.1 Å². The summed E-state index contributed by atoms with van der Waals surface area (Å²) in [5, 5.41) is 13.6. The molecule has 31 heavy (non-hydrogen) atoms. The van der Waals surface area contributed by atoms with Crippen molar-refractivity contribution >= 4 is 34.9 Å². The highest BCUT2D eigenvalue weighted by Crippen LogP contribution is 2.32. The van der Waals surface area contributed by atoms with E-state index in [0.717, 1.165) is 0 Å². The summed E-state index contributed by atoms with van der Waals surface area (Å²) >= 11 is 6.02. The predicted molar refractivity (Wildman–Crippen MR) is 115 cm³/mol. The number of esters is 1. The first-order valence-corrected chi connectivity index (χ1v) is 9.55. The van der Waals surface area contributed by atoms with E-state index in [4.69, 9.17) is 21.1 Å². The molecule has 0 spiro atoms. The number of nitrogens with one attached hydrogen (secondary N) is 1. The number of anilines is 1. The lowest BCUT2D eigenvalue weighted by atomic mass is 10.1. The van der Waals surface area contributed by atoms with E-state index in [1.807, 2.05) is 0 Å². The molecule has 0 atom stereocenters. The van der Waals surface area contributed by atoms with Crippen LogP contribution in [0.1, 0.15) is 27.6 Å². The van der Waals surface area contributed by atoms with Gasteiger partial charge in [0, 0.05) is 23.4 Å². The maximum Gasteiger partial charge on any atom is 0.338 e. The fourth-order valence-corrected chi connectivity index (χ4v) is 2.81. The Morgan fingerprint density at radius 2 is 1.65 bits per heavy atom. The minimum absolute atomic E-state index is 0.0993. The maximum absolute atomic E-state index is 12.4. The molecule has 1 N–H and O–H groups in total. The van der Waals surface area contributed by atoms with Crippen LogP contribution in [-0.4, -0.2) is 23.4 Å². The highest BCUT2D eigenvalue weighted by atomic mass is 35.5. The monoisotopic (exact) mass is 440 g/mol. The van der Waals surface area contributed by atoms with E-state index in [2.05, 4.69) is 5.32 Å². The number of nitro benzene ring substituents is 1. The number of benzene rings is 3. The third-order valence-electron chi connectivity index (χ3n) is 4.12. The normalized spacial score (nSPS) is 10.3. The largest absolute Gasteiger partial charge is 0.462 e. The van der Waals surface area contributed by atoms with Gasteiger partial charge in [0.15, 0.2) is 0 Å². The maximum atomic E-state index is 12.4. The molecule has 158 valence electrons. The molecule has 0 fully saturated rings. The zero-order valence-corrected chi connectivity index (χ0v) is 17.1. The molecule has 3 rings (SSSR count). The zero-order valence-electron chi connectivity index (χ0n) is 16.3. The van der Waals surface area contributed by atoms with E-state index in [1.54, 1.807) is 55.5 Å². The van der Waals surface area contributed by atoms with Gasteiger partial charge in [-0.25, -0.2) is 4.79 Å². The fraction of sp³-hybridized carbons (Fsp3) is 0.0909. The van der Waals surface area contributed by atoms with Gasteiger partial charge in [-0.3, -0.25) is 14.9 Å². The molecule has 9 heteroatoms. The number of hydrogen-bond acceptors (Lipinski definition) is 6. The third kappa shape index (κ3) is 5.58. The minimum atomic E-state index is -0.548. The lowest BCUT2D eigenvalue weighted by molar-refractivity contribution is -0.384. The van der Waals surface area contributed by atoms with Gasteiger partial charge in [-0.1, -0.05) is 11.6 Å². The van der Waals surface area contributed by atoms with Crippen molar-refractivity contribution in [2.45, 2.75) is 6.92 Å². The molecule has 0 heterocycles. The number of ether oxygens (including phenoxy) is 2. The first kappa shape index (κ1) is 21.8. The van der Waals surface area contributed by atoms with Crippen LogP contribution in [0, 0.1) is 10.1 Å². The highest BCUT2D eigenvalue weighted by molar-refractivity contribution is 6.32. The van der Waals surface area contributed by atoms with E-state index in [0.29, 0.717) is 22.6 Å². The first-order chi connectivity index (χ1) is 14.9. The van der Waals surface area contributed by atoms with Crippen LogP contribution in [0.25, 0.3) is 0 Å². The van der Waals surface area contributed by atoms with Gasteiger partial charge in [0.2, 0.25) is 0 Å². The number of carbonyl (C=O) groups excluding carboxylic acids is 2. The molecule has 0 saturated heterocycles. The molecule has 0 unspecified atom stereocenters. The zero-order chi connectivity index (χ0) is 22.4. The number of hydrogen-bond donors (Lipinski definition) is 1. The van der Waals surface area contributed by atoms with Gasteiger partial charge in [0.05, 0.1) is 22.1 Å². The second-order valence-electron chi connectivity index (χ2n) is 6.25. The van der Waals surface area contributed by atoms with Gasteiger partial charge in [0.25, 0.3) is 11.6 Å². The fourth-order valence-electron chi connectivity index (χ4n) is 2.59. The Labute approximate surface area is 182 Å². The molecule has 0 radical (unpaired) electrons. The molecule has 0 bridgehead atoms. The van der Waals surface area contributed by atoms with Gasteiger partial charge >= 0.3 is 5.97 Å². The van der Waals surface area contributed by atoms with Crippen LogP contribution in [0.3, 0.4) is 0 Å². The minimum Gasteiger partial charge on any atom is -0.462 e. The predicted octanol–water partition coefficient (Wildman–Crippen LogP) is 5.47. The van der Waals surface area contributed by atoms with E-state index >= 15 is 0 Å². The molecule has 8 nitrogen and oxygen atoms in total. The van der Waals surface area contributed by atoms with Crippen molar-refractivity contribution in [2.75, 3.05) is 11.9 Å². The number of halogens is 1. The Kier molecular flexibility index (Phi) is 6.84. The van der Waals surface area contributed by atoms with E-state index in [-0.39, 0.29) is 29.0 Å². The van der Waals surface area contributed by atoms with Crippen LogP contribution in [0.4, 0.5) is 11.4 Å². The third-order valence-corrected chi connectivity index (χ3v) is 4.42. The lowest BCUT2D eigenvalue weighted by Gasteiger charge is -2.09. The number of amides is 1. The summed E-state index contributed by atoms with van der Waals surface area (Å²) in [6.45, 7) is 2.01. The molecule has 0 aromatic heterocycles. The van der Waals surface area contributed by atoms with Gasteiger partial charge < -0.3 is 14.8 Å². The molecule has 3 aromatic rings. The summed E-state index contributed by atoms with van der Waals surface area (Å²) < 4.78 is 10.5. The van der Waals surface area contributed by atoms with Crippen molar-refractivity contribution in [1.29, 1.82) is 0 Å². The van der Waals surface area contributed by atoms with Crippen molar-refractivity contribution < 1.29 is 24.0 Å². The smallest absolute Gasteiger partial charge is 0.338 e. The Morgan fingerprint density at radius 3 is 2.23 bits per heavy atom. The Hall–Kier alpha value is -3.91. The summed E-state index contributed by atoms with van der Waals surface area (Å²) in [5.74, 6) is -0.106. The van der Waals surface area contributed by atoms with Crippen molar-refractivity contribution in [2.24, 2.45) is 0 Å². The molecule has 3 aromatic carbocycles. The average molecular weight is 441 g/mol. The summed E-state index contributed by atoms with van der Waals surface area (Å²) in [7, 11) is 0. The Bertz CT molecular complexity index is 1110. The van der Waals surface area contributed by atoms with Gasteiger partial charge in [0.1, 0.15) is 11.5 Å². The molecule has 0 saturated carbocycles. The standard InChI is InChI=1S/C22H17ClN2O6/c1-2-30-22(27)15-3-7-16(8-4-15)24-21(26)14-5-10-18(11-6-14)31-20-12-9-17(25(28)29)13-19(20)23/h3-13H,2H2,1H3,(H,24,26). The van der Waals surface area contributed by atoms with Crippen molar-refractivity contribution in [3.8, 4) is 11.5 Å². The summed E-state index contributed by atoms with van der Waals surface area (Å²) in [4.78, 5) is 34.3. The van der Waals surface area contributed by atoms with E-state index in [1.165, 1.54) is 18.2 Å². The van der Waals surface area contributed by atoms with Gasteiger partial charge in [-0.05, 0) is 61.5 Å². The number of carbonyl (C=O) groups is 2. The second kappa shape index (κ2) is 9.73. The van der Waals surface area contributed by atoms with Gasteiger partial charge in [-0.2, -0.15) is 0 Å². The van der Waals surface area contributed by atoms with Crippen molar-refractivity contribution in [1.82, 2.24) is 0 Å². The van der Waals surface area contributed by atoms with Crippen LogP contribution in [0.15, 0.2) is 66.7 Å². The second-order valence-corrected chi connectivity index (χ2v) is 6.66. The molecular weight excluding hydrogens is 424 g/mol. The molecule has 0 aliphatic rings. The number of nitrogens with zero attached hydrogens (tertiary/aromatic N) is 1. The number of non-ortho nitro benzene ring substituents is 1. The average Bonchev–Trinajstić information content (AvgIpc) is 2.76. The SMILES string of the molecule is CCOC(=O)c1ccc(NC(=O)c2ccc(Oc3ccc([N+](=O)[O-])cc3Cl)cc2)cc1. The van der Waals surface area contributed by atoms with Crippen LogP contribution in [0.5, 0.6) is 11.5 Å².